The van der Waals surface area contributed by atoms with Crippen molar-refractivity contribution in [3.63, 3.8) is 0 Å². The summed E-state index contributed by atoms with van der Waals surface area (Å²) in [4.78, 5) is 11.9. The van der Waals surface area contributed by atoms with Gasteiger partial charge in [0.25, 0.3) is 5.91 Å². The van der Waals surface area contributed by atoms with Gasteiger partial charge >= 0.3 is 0 Å². The van der Waals surface area contributed by atoms with E-state index in [-0.39, 0.29) is 5.91 Å². The number of rotatable bonds is 7. The van der Waals surface area contributed by atoms with Gasteiger partial charge in [0.05, 0.1) is 6.26 Å². The molecule has 0 bridgehead atoms. The molecule has 6 heteroatoms. The second-order valence-electron chi connectivity index (χ2n) is 4.84. The van der Waals surface area contributed by atoms with E-state index in [9.17, 15) is 13.2 Å². The molecule has 1 rings (SSSR count). The Hall–Kier alpha value is -1.56. The van der Waals surface area contributed by atoms with Crippen LogP contribution < -0.4 is 10.0 Å². The SMILES string of the molecule is CCC(CC)CNC(=O)c1ccc(NS(C)(=O)=O)cc1. The summed E-state index contributed by atoms with van der Waals surface area (Å²) in [7, 11) is -3.29. The lowest BCUT2D eigenvalue weighted by molar-refractivity contribution is 0.0946. The fourth-order valence-electron chi connectivity index (χ4n) is 1.82. The summed E-state index contributed by atoms with van der Waals surface area (Å²) in [6, 6.07) is 6.37. The van der Waals surface area contributed by atoms with E-state index < -0.39 is 10.0 Å². The monoisotopic (exact) mass is 298 g/mol. The topological polar surface area (TPSA) is 75.3 Å². The van der Waals surface area contributed by atoms with Crippen LogP contribution in [0.2, 0.25) is 0 Å². The van der Waals surface area contributed by atoms with Crippen molar-refractivity contribution in [2.45, 2.75) is 26.7 Å². The molecule has 2 N–H and O–H groups in total. The van der Waals surface area contributed by atoms with Crippen LogP contribution in [0.1, 0.15) is 37.0 Å². The first-order chi connectivity index (χ1) is 9.35. The van der Waals surface area contributed by atoms with Crippen molar-refractivity contribution in [3.8, 4) is 0 Å². The van der Waals surface area contributed by atoms with E-state index in [0.717, 1.165) is 19.1 Å². The molecule has 0 saturated heterocycles. The second-order valence-corrected chi connectivity index (χ2v) is 6.59. The molecule has 1 aromatic rings. The van der Waals surface area contributed by atoms with E-state index in [4.69, 9.17) is 0 Å². The molecule has 0 aliphatic carbocycles. The molecule has 0 spiro atoms. The van der Waals surface area contributed by atoms with Crippen LogP contribution >= 0.6 is 0 Å². The fourth-order valence-corrected chi connectivity index (χ4v) is 2.38. The smallest absolute Gasteiger partial charge is 0.251 e. The number of hydrogen-bond acceptors (Lipinski definition) is 3. The Bertz CT molecular complexity index is 534. The minimum absolute atomic E-state index is 0.136. The number of benzene rings is 1. The van der Waals surface area contributed by atoms with Crippen LogP contribution in [-0.2, 0) is 10.0 Å². The molecule has 0 radical (unpaired) electrons. The zero-order valence-corrected chi connectivity index (χ0v) is 13.0. The normalized spacial score (nSPS) is 11.4. The van der Waals surface area contributed by atoms with Gasteiger partial charge in [-0.2, -0.15) is 0 Å². The van der Waals surface area contributed by atoms with E-state index in [1.165, 1.54) is 0 Å². The molecule has 0 saturated carbocycles. The number of nitrogens with one attached hydrogen (secondary N) is 2. The van der Waals surface area contributed by atoms with Crippen LogP contribution in [0.25, 0.3) is 0 Å². The predicted octanol–water partition coefficient (Wildman–Crippen LogP) is 2.22. The summed E-state index contributed by atoms with van der Waals surface area (Å²) >= 11 is 0. The number of anilines is 1. The molecule has 112 valence electrons. The molecule has 1 amide bonds. The molecule has 1 aromatic carbocycles. The minimum atomic E-state index is -3.29. The van der Waals surface area contributed by atoms with E-state index in [2.05, 4.69) is 23.9 Å². The molecular weight excluding hydrogens is 276 g/mol. The second kappa shape index (κ2) is 7.28. The number of carbonyl (C=O) groups excluding carboxylic acids is 1. The molecule has 5 nitrogen and oxygen atoms in total. The zero-order chi connectivity index (χ0) is 15.2. The largest absolute Gasteiger partial charge is 0.352 e. The Labute approximate surface area is 120 Å². The third kappa shape index (κ3) is 5.61. The number of amides is 1. The van der Waals surface area contributed by atoms with E-state index in [1.807, 2.05) is 0 Å². The first-order valence-corrected chi connectivity index (χ1v) is 8.61. The van der Waals surface area contributed by atoms with Crippen LogP contribution in [0.5, 0.6) is 0 Å². The molecule has 0 unspecified atom stereocenters. The Morgan fingerprint density at radius 3 is 2.15 bits per heavy atom. The van der Waals surface area contributed by atoms with Crippen LogP contribution in [0.3, 0.4) is 0 Å². The standard InChI is InChI=1S/C14H22N2O3S/c1-4-11(5-2)10-15-14(17)12-6-8-13(9-7-12)16-20(3,18)19/h6-9,11,16H,4-5,10H2,1-3H3,(H,15,17). The molecule has 0 atom stereocenters. The number of hydrogen-bond donors (Lipinski definition) is 2. The van der Waals surface area contributed by atoms with E-state index >= 15 is 0 Å². The van der Waals surface area contributed by atoms with Crippen molar-refractivity contribution in [2.75, 3.05) is 17.5 Å². The first kappa shape index (κ1) is 16.5. The molecule has 0 aliphatic rings. The summed E-state index contributed by atoms with van der Waals surface area (Å²) in [6.07, 6.45) is 3.16. The van der Waals surface area contributed by atoms with Gasteiger partial charge in [-0.1, -0.05) is 26.7 Å². The van der Waals surface area contributed by atoms with Crippen LogP contribution in [0.4, 0.5) is 5.69 Å². The van der Waals surface area contributed by atoms with Gasteiger partial charge in [-0.25, -0.2) is 8.42 Å². The lowest BCUT2D eigenvalue weighted by atomic mass is 10.0. The zero-order valence-electron chi connectivity index (χ0n) is 12.1. The van der Waals surface area contributed by atoms with Gasteiger partial charge in [-0.3, -0.25) is 9.52 Å². The Balaban J connectivity index is 2.62. The van der Waals surface area contributed by atoms with Gasteiger partial charge in [-0.15, -0.1) is 0 Å². The van der Waals surface area contributed by atoms with Crippen molar-refractivity contribution in [3.05, 3.63) is 29.8 Å². The van der Waals surface area contributed by atoms with Crippen molar-refractivity contribution in [1.82, 2.24) is 5.32 Å². The summed E-state index contributed by atoms with van der Waals surface area (Å²) in [5, 5.41) is 2.89. The van der Waals surface area contributed by atoms with Crippen molar-refractivity contribution >= 4 is 21.6 Å². The third-order valence-corrected chi connectivity index (χ3v) is 3.76. The minimum Gasteiger partial charge on any atom is -0.352 e. The maximum atomic E-state index is 11.9. The molecule has 0 heterocycles. The van der Waals surface area contributed by atoms with Gasteiger partial charge in [0.1, 0.15) is 0 Å². The van der Waals surface area contributed by atoms with Crippen molar-refractivity contribution in [2.24, 2.45) is 5.92 Å². The summed E-state index contributed by atoms with van der Waals surface area (Å²) in [5.74, 6) is 0.355. The summed E-state index contributed by atoms with van der Waals surface area (Å²) < 4.78 is 24.5. The molecule has 0 aliphatic heterocycles. The van der Waals surface area contributed by atoms with Crippen LogP contribution in [0, 0.1) is 5.92 Å². The van der Waals surface area contributed by atoms with E-state index in [1.54, 1.807) is 24.3 Å². The highest BCUT2D eigenvalue weighted by Crippen LogP contribution is 2.11. The highest BCUT2D eigenvalue weighted by Gasteiger charge is 2.09. The maximum absolute atomic E-state index is 11.9. The average molecular weight is 298 g/mol. The Morgan fingerprint density at radius 1 is 1.15 bits per heavy atom. The fraction of sp³-hybridized carbons (Fsp3) is 0.500. The number of sulfonamides is 1. The van der Waals surface area contributed by atoms with Gasteiger partial charge in [0.15, 0.2) is 0 Å². The van der Waals surface area contributed by atoms with Crippen LogP contribution in [-0.4, -0.2) is 27.1 Å². The quantitative estimate of drug-likeness (QED) is 0.810. The Morgan fingerprint density at radius 2 is 1.70 bits per heavy atom. The first-order valence-electron chi connectivity index (χ1n) is 6.71. The highest BCUT2D eigenvalue weighted by molar-refractivity contribution is 7.92. The molecule has 0 aromatic heterocycles. The van der Waals surface area contributed by atoms with E-state index in [0.29, 0.717) is 23.7 Å². The molecular formula is C14H22N2O3S. The lowest BCUT2D eigenvalue weighted by Crippen LogP contribution is -2.28. The van der Waals surface area contributed by atoms with Gasteiger partial charge < -0.3 is 5.32 Å². The van der Waals surface area contributed by atoms with Crippen molar-refractivity contribution in [1.29, 1.82) is 0 Å². The van der Waals surface area contributed by atoms with Gasteiger partial charge in [-0.05, 0) is 30.2 Å². The molecule has 0 fully saturated rings. The van der Waals surface area contributed by atoms with Gasteiger partial charge in [0, 0.05) is 17.8 Å². The predicted molar refractivity (Wildman–Crippen MR) is 81.3 cm³/mol. The van der Waals surface area contributed by atoms with Gasteiger partial charge in [0.2, 0.25) is 10.0 Å². The summed E-state index contributed by atoms with van der Waals surface area (Å²) in [5.41, 5.74) is 0.971. The summed E-state index contributed by atoms with van der Waals surface area (Å²) in [6.45, 7) is 4.87. The third-order valence-electron chi connectivity index (χ3n) is 3.16. The molecule has 20 heavy (non-hydrogen) atoms. The lowest BCUT2D eigenvalue weighted by Gasteiger charge is -2.13. The maximum Gasteiger partial charge on any atom is 0.251 e. The highest BCUT2D eigenvalue weighted by atomic mass is 32.2. The number of carbonyl (C=O) groups is 1. The van der Waals surface area contributed by atoms with Crippen molar-refractivity contribution < 1.29 is 13.2 Å². The Kier molecular flexibility index (Phi) is 6.01. The van der Waals surface area contributed by atoms with Crippen LogP contribution in [0.15, 0.2) is 24.3 Å². The average Bonchev–Trinajstić information content (AvgIpc) is 2.38.